The monoisotopic (exact) mass is 358 g/mol. The van der Waals surface area contributed by atoms with E-state index in [0.29, 0.717) is 16.6 Å². The zero-order valence-corrected chi connectivity index (χ0v) is 13.1. The fraction of sp³-hybridized carbons (Fsp3) is 0.143. The second-order valence-corrected chi connectivity index (χ2v) is 5.75. The number of benzene rings is 2. The molecule has 2 aromatic carbocycles. The van der Waals surface area contributed by atoms with Crippen molar-refractivity contribution in [3.05, 3.63) is 62.5 Å². The minimum atomic E-state index is -0.0366. The van der Waals surface area contributed by atoms with Crippen LogP contribution in [-0.2, 0) is 0 Å². The largest absolute Gasteiger partial charge is 0.376 e. The third-order valence-corrected chi connectivity index (χ3v) is 4.35. The predicted octanol–water partition coefficient (Wildman–Crippen LogP) is 4.87. The SMILES string of the molecule is NCC(Nc1ccccc1Cl)c1ccc(Br)c(Cl)c1. The summed E-state index contributed by atoms with van der Waals surface area (Å²) in [6.07, 6.45) is 0. The smallest absolute Gasteiger partial charge is 0.0637 e. The number of nitrogens with two attached hydrogens (primary N) is 1. The second-order valence-electron chi connectivity index (χ2n) is 4.09. The Labute approximate surface area is 131 Å². The maximum atomic E-state index is 6.13. The molecule has 0 spiro atoms. The Hall–Kier alpha value is -0.740. The molecule has 1 atom stereocenters. The summed E-state index contributed by atoms with van der Waals surface area (Å²) in [5.74, 6) is 0. The van der Waals surface area contributed by atoms with Crippen LogP contribution in [0.5, 0.6) is 0 Å². The molecule has 0 saturated heterocycles. The molecule has 0 aliphatic carbocycles. The standard InChI is InChI=1S/C14H13BrCl2N2/c15-10-6-5-9(7-12(10)17)14(8-18)19-13-4-2-1-3-11(13)16/h1-7,14,19H,8,18H2. The first-order valence-electron chi connectivity index (χ1n) is 5.78. The van der Waals surface area contributed by atoms with Gasteiger partial charge in [0.25, 0.3) is 0 Å². The van der Waals surface area contributed by atoms with E-state index in [0.717, 1.165) is 15.7 Å². The van der Waals surface area contributed by atoms with Crippen LogP contribution in [0.1, 0.15) is 11.6 Å². The van der Waals surface area contributed by atoms with Crippen molar-refractivity contribution < 1.29 is 0 Å². The number of hydrogen-bond acceptors (Lipinski definition) is 2. The van der Waals surface area contributed by atoms with Gasteiger partial charge in [-0.15, -0.1) is 0 Å². The summed E-state index contributed by atoms with van der Waals surface area (Å²) in [6, 6.07) is 13.3. The van der Waals surface area contributed by atoms with E-state index in [1.165, 1.54) is 0 Å². The van der Waals surface area contributed by atoms with Gasteiger partial charge in [-0.05, 0) is 45.8 Å². The molecule has 0 radical (unpaired) electrons. The van der Waals surface area contributed by atoms with E-state index in [-0.39, 0.29) is 6.04 Å². The second kappa shape index (κ2) is 6.62. The first-order valence-corrected chi connectivity index (χ1v) is 7.33. The molecular formula is C14H13BrCl2N2. The van der Waals surface area contributed by atoms with Gasteiger partial charge in [0.05, 0.1) is 21.8 Å². The number of halogens is 3. The van der Waals surface area contributed by atoms with Crippen LogP contribution >= 0.6 is 39.1 Å². The summed E-state index contributed by atoms with van der Waals surface area (Å²) in [5.41, 5.74) is 7.71. The van der Waals surface area contributed by atoms with Gasteiger partial charge in [0.15, 0.2) is 0 Å². The van der Waals surface area contributed by atoms with Crippen molar-refractivity contribution in [3.8, 4) is 0 Å². The quantitative estimate of drug-likeness (QED) is 0.817. The average Bonchev–Trinajstić information content (AvgIpc) is 2.41. The molecule has 0 aromatic heterocycles. The molecule has 3 N–H and O–H groups in total. The minimum Gasteiger partial charge on any atom is -0.376 e. The van der Waals surface area contributed by atoms with Gasteiger partial charge in [0.2, 0.25) is 0 Å². The maximum Gasteiger partial charge on any atom is 0.0637 e. The molecule has 0 aliphatic heterocycles. The van der Waals surface area contributed by atoms with Crippen molar-refractivity contribution >= 4 is 44.8 Å². The van der Waals surface area contributed by atoms with Crippen LogP contribution in [0.3, 0.4) is 0 Å². The lowest BCUT2D eigenvalue weighted by atomic mass is 10.1. The summed E-state index contributed by atoms with van der Waals surface area (Å²) in [5, 5.41) is 4.66. The van der Waals surface area contributed by atoms with E-state index < -0.39 is 0 Å². The van der Waals surface area contributed by atoms with Crippen LogP contribution in [0.2, 0.25) is 10.0 Å². The first-order chi connectivity index (χ1) is 9.11. The number of para-hydroxylation sites is 1. The first kappa shape index (κ1) is 14.7. The van der Waals surface area contributed by atoms with Gasteiger partial charge in [-0.1, -0.05) is 41.4 Å². The van der Waals surface area contributed by atoms with Crippen LogP contribution in [-0.4, -0.2) is 6.54 Å². The Morgan fingerprint density at radius 1 is 1.11 bits per heavy atom. The van der Waals surface area contributed by atoms with E-state index in [1.807, 2.05) is 42.5 Å². The molecule has 1 unspecified atom stereocenters. The van der Waals surface area contributed by atoms with Gasteiger partial charge in [-0.2, -0.15) is 0 Å². The topological polar surface area (TPSA) is 38.0 Å². The molecule has 0 bridgehead atoms. The lowest BCUT2D eigenvalue weighted by molar-refractivity contribution is 0.790. The molecule has 0 heterocycles. The van der Waals surface area contributed by atoms with Crippen LogP contribution < -0.4 is 11.1 Å². The molecule has 0 saturated carbocycles. The van der Waals surface area contributed by atoms with Gasteiger partial charge >= 0.3 is 0 Å². The molecule has 5 heteroatoms. The normalized spacial score (nSPS) is 12.2. The summed E-state index contributed by atoms with van der Waals surface area (Å²) < 4.78 is 0.867. The molecule has 19 heavy (non-hydrogen) atoms. The molecule has 0 aliphatic rings. The molecular weight excluding hydrogens is 347 g/mol. The van der Waals surface area contributed by atoms with Crippen LogP contribution in [0.15, 0.2) is 46.9 Å². The van der Waals surface area contributed by atoms with E-state index in [2.05, 4.69) is 21.2 Å². The van der Waals surface area contributed by atoms with Crippen molar-refractivity contribution in [2.24, 2.45) is 5.73 Å². The minimum absolute atomic E-state index is 0.0366. The molecule has 0 amide bonds. The Bertz CT molecular complexity index is 575. The Morgan fingerprint density at radius 2 is 1.84 bits per heavy atom. The highest BCUT2D eigenvalue weighted by Crippen LogP contribution is 2.29. The van der Waals surface area contributed by atoms with Gasteiger partial charge in [0, 0.05) is 11.0 Å². The predicted molar refractivity (Wildman–Crippen MR) is 86.0 cm³/mol. The molecule has 2 nitrogen and oxygen atoms in total. The van der Waals surface area contributed by atoms with Crippen LogP contribution in [0.25, 0.3) is 0 Å². The highest BCUT2D eigenvalue weighted by atomic mass is 79.9. The van der Waals surface area contributed by atoms with Gasteiger partial charge in [-0.3, -0.25) is 0 Å². The Balaban J connectivity index is 2.25. The number of rotatable bonds is 4. The van der Waals surface area contributed by atoms with Crippen LogP contribution in [0.4, 0.5) is 5.69 Å². The van der Waals surface area contributed by atoms with E-state index in [9.17, 15) is 0 Å². The summed E-state index contributed by atoms with van der Waals surface area (Å²) in [6.45, 7) is 0.448. The van der Waals surface area contributed by atoms with Crippen LogP contribution in [0, 0.1) is 0 Å². The van der Waals surface area contributed by atoms with Crippen molar-refractivity contribution in [1.82, 2.24) is 0 Å². The number of nitrogens with one attached hydrogen (secondary N) is 1. The fourth-order valence-corrected chi connectivity index (χ4v) is 2.40. The van der Waals surface area contributed by atoms with Gasteiger partial charge in [-0.25, -0.2) is 0 Å². The Morgan fingerprint density at radius 3 is 2.47 bits per heavy atom. The van der Waals surface area contributed by atoms with Crippen molar-refractivity contribution in [2.45, 2.75) is 6.04 Å². The zero-order chi connectivity index (χ0) is 13.8. The molecule has 100 valence electrons. The summed E-state index contributed by atoms with van der Waals surface area (Å²) in [4.78, 5) is 0. The fourth-order valence-electron chi connectivity index (χ4n) is 1.77. The van der Waals surface area contributed by atoms with Crippen molar-refractivity contribution in [2.75, 3.05) is 11.9 Å². The lowest BCUT2D eigenvalue weighted by Gasteiger charge is -2.20. The molecule has 2 rings (SSSR count). The van der Waals surface area contributed by atoms with Crippen molar-refractivity contribution in [1.29, 1.82) is 0 Å². The van der Waals surface area contributed by atoms with E-state index >= 15 is 0 Å². The third kappa shape index (κ3) is 3.63. The van der Waals surface area contributed by atoms with E-state index in [4.69, 9.17) is 28.9 Å². The number of anilines is 1. The maximum absolute atomic E-state index is 6.13. The van der Waals surface area contributed by atoms with Crippen molar-refractivity contribution in [3.63, 3.8) is 0 Å². The Kier molecular flexibility index (Phi) is 5.11. The zero-order valence-electron chi connectivity index (χ0n) is 10.0. The molecule has 2 aromatic rings. The average molecular weight is 360 g/mol. The summed E-state index contributed by atoms with van der Waals surface area (Å²) >= 11 is 15.6. The molecule has 0 fully saturated rings. The highest BCUT2D eigenvalue weighted by molar-refractivity contribution is 9.10. The van der Waals surface area contributed by atoms with Gasteiger partial charge < -0.3 is 11.1 Å². The highest BCUT2D eigenvalue weighted by Gasteiger charge is 2.12. The third-order valence-electron chi connectivity index (χ3n) is 2.79. The van der Waals surface area contributed by atoms with E-state index in [1.54, 1.807) is 0 Å². The van der Waals surface area contributed by atoms with Gasteiger partial charge in [0.1, 0.15) is 0 Å². The lowest BCUT2D eigenvalue weighted by Crippen LogP contribution is -2.20. The summed E-state index contributed by atoms with van der Waals surface area (Å²) in [7, 11) is 0. The number of hydrogen-bond donors (Lipinski definition) is 2.